The molecule has 0 spiro atoms. The van der Waals surface area contributed by atoms with Gasteiger partial charge in [-0.3, -0.25) is 4.40 Å². The molecule has 1 aliphatic rings. The van der Waals surface area contributed by atoms with Crippen LogP contribution in [-0.2, 0) is 6.42 Å². The molecule has 0 unspecified atom stereocenters. The molecule has 4 aromatic rings. The van der Waals surface area contributed by atoms with Crippen molar-refractivity contribution >= 4 is 11.5 Å². The van der Waals surface area contributed by atoms with Crippen molar-refractivity contribution < 1.29 is 0 Å². The average Bonchev–Trinajstić information content (AvgIpc) is 3.20. The molecule has 1 fully saturated rings. The van der Waals surface area contributed by atoms with E-state index >= 15 is 0 Å². The summed E-state index contributed by atoms with van der Waals surface area (Å²) in [6.07, 6.45) is 10.8. The molecule has 130 valence electrons. The number of aromatic nitrogens is 6. The molecule has 1 saturated carbocycles. The lowest BCUT2D eigenvalue weighted by Gasteiger charge is -2.08. The summed E-state index contributed by atoms with van der Waals surface area (Å²) in [5.74, 6) is 2.41. The molecule has 0 amide bonds. The predicted molar refractivity (Wildman–Crippen MR) is 98.5 cm³/mol. The summed E-state index contributed by atoms with van der Waals surface area (Å²) in [4.78, 5) is 4.43. The Bertz CT molecular complexity index is 1010. The van der Waals surface area contributed by atoms with E-state index in [4.69, 9.17) is 0 Å². The smallest absolute Gasteiger partial charge is 0.203 e. The number of anilines is 1. The third-order valence-corrected chi connectivity index (χ3v) is 4.71. The van der Waals surface area contributed by atoms with Crippen LogP contribution >= 0.6 is 0 Å². The molecule has 3 heterocycles. The number of nitrogens with zero attached hydrogens (tertiary/aromatic N) is 6. The lowest BCUT2D eigenvalue weighted by Crippen LogP contribution is -2.08. The number of hydrogen-bond donors (Lipinski definition) is 1. The predicted octanol–water partition coefficient (Wildman–Crippen LogP) is 2.84. The normalized spacial score (nSPS) is 14.0. The lowest BCUT2D eigenvalue weighted by atomic mass is 10.1. The first-order valence-electron chi connectivity index (χ1n) is 8.91. The Kier molecular flexibility index (Phi) is 3.62. The molecule has 3 aromatic heterocycles. The van der Waals surface area contributed by atoms with Gasteiger partial charge in [0.2, 0.25) is 5.65 Å². The van der Waals surface area contributed by atoms with E-state index in [1.54, 1.807) is 6.20 Å². The zero-order valence-electron chi connectivity index (χ0n) is 14.3. The highest BCUT2D eigenvalue weighted by Gasteiger charge is 2.29. The van der Waals surface area contributed by atoms with Gasteiger partial charge in [-0.1, -0.05) is 12.1 Å². The molecule has 1 aromatic carbocycles. The van der Waals surface area contributed by atoms with Crippen LogP contribution in [0, 0.1) is 0 Å². The van der Waals surface area contributed by atoms with Gasteiger partial charge < -0.3 is 5.32 Å². The SMILES string of the molecule is c1cnn(-c2ccc(CCNc3nccn4c(C5CC5)nnc34)cc2)c1. The van der Waals surface area contributed by atoms with Gasteiger partial charge in [0.25, 0.3) is 0 Å². The Labute approximate surface area is 150 Å². The summed E-state index contributed by atoms with van der Waals surface area (Å²) in [5, 5.41) is 16.3. The van der Waals surface area contributed by atoms with Gasteiger partial charge in [-0.05, 0) is 43.0 Å². The first-order valence-corrected chi connectivity index (χ1v) is 8.91. The molecule has 0 atom stereocenters. The molecule has 0 saturated heterocycles. The van der Waals surface area contributed by atoms with Crippen LogP contribution in [0.2, 0.25) is 0 Å². The van der Waals surface area contributed by atoms with Gasteiger partial charge in [0.05, 0.1) is 5.69 Å². The number of nitrogens with one attached hydrogen (secondary N) is 1. The van der Waals surface area contributed by atoms with Crippen LogP contribution < -0.4 is 5.32 Å². The van der Waals surface area contributed by atoms with Gasteiger partial charge in [-0.25, -0.2) is 9.67 Å². The maximum absolute atomic E-state index is 4.43. The molecule has 5 rings (SSSR count). The minimum absolute atomic E-state index is 0.563. The molecule has 0 radical (unpaired) electrons. The summed E-state index contributed by atoms with van der Waals surface area (Å²) in [6.45, 7) is 0.791. The summed E-state index contributed by atoms with van der Waals surface area (Å²) in [6, 6.07) is 10.4. The average molecular weight is 345 g/mol. The zero-order valence-corrected chi connectivity index (χ0v) is 14.3. The van der Waals surface area contributed by atoms with Crippen molar-refractivity contribution in [3.05, 3.63) is 66.5 Å². The quantitative estimate of drug-likeness (QED) is 0.582. The largest absolute Gasteiger partial charge is 0.367 e. The van der Waals surface area contributed by atoms with Crippen LogP contribution in [0.1, 0.15) is 30.1 Å². The summed E-state index contributed by atoms with van der Waals surface area (Å²) in [7, 11) is 0. The van der Waals surface area contributed by atoms with Crippen LogP contribution in [0.4, 0.5) is 5.82 Å². The Balaban J connectivity index is 1.26. The van der Waals surface area contributed by atoms with E-state index in [0.29, 0.717) is 5.92 Å². The van der Waals surface area contributed by atoms with Gasteiger partial charge in [-0.15, -0.1) is 10.2 Å². The Hall–Kier alpha value is -3.22. The monoisotopic (exact) mass is 345 g/mol. The second-order valence-corrected chi connectivity index (χ2v) is 6.60. The molecule has 1 aliphatic carbocycles. The highest BCUT2D eigenvalue weighted by atomic mass is 15.3. The Morgan fingerprint density at radius 3 is 2.69 bits per heavy atom. The van der Waals surface area contributed by atoms with Gasteiger partial charge in [0.1, 0.15) is 5.82 Å². The zero-order chi connectivity index (χ0) is 17.3. The van der Waals surface area contributed by atoms with Crippen LogP contribution in [0.5, 0.6) is 0 Å². The minimum Gasteiger partial charge on any atom is -0.367 e. The first-order chi connectivity index (χ1) is 12.9. The van der Waals surface area contributed by atoms with Gasteiger partial charge >= 0.3 is 0 Å². The molecule has 7 nitrogen and oxygen atoms in total. The summed E-state index contributed by atoms with van der Waals surface area (Å²) < 4.78 is 3.92. The second-order valence-electron chi connectivity index (χ2n) is 6.60. The fourth-order valence-electron chi connectivity index (χ4n) is 3.15. The number of rotatable bonds is 6. The van der Waals surface area contributed by atoms with Gasteiger partial charge in [0, 0.05) is 37.3 Å². The third-order valence-electron chi connectivity index (χ3n) is 4.71. The molecule has 0 aliphatic heterocycles. The highest BCUT2D eigenvalue weighted by molar-refractivity contribution is 5.62. The number of benzene rings is 1. The van der Waals surface area contributed by atoms with Crippen LogP contribution in [0.3, 0.4) is 0 Å². The molecular formula is C19H19N7. The minimum atomic E-state index is 0.563. The number of hydrogen-bond acceptors (Lipinski definition) is 5. The maximum atomic E-state index is 4.43. The maximum Gasteiger partial charge on any atom is 0.203 e. The van der Waals surface area contributed by atoms with E-state index in [1.165, 1.54) is 18.4 Å². The first kappa shape index (κ1) is 15.1. The van der Waals surface area contributed by atoms with Crippen molar-refractivity contribution in [3.8, 4) is 5.69 Å². The van der Waals surface area contributed by atoms with Gasteiger partial charge in [-0.2, -0.15) is 5.10 Å². The van der Waals surface area contributed by atoms with Crippen molar-refractivity contribution in [1.29, 1.82) is 0 Å². The Morgan fingerprint density at radius 1 is 1.04 bits per heavy atom. The van der Waals surface area contributed by atoms with E-state index in [1.807, 2.05) is 29.3 Å². The van der Waals surface area contributed by atoms with Crippen LogP contribution in [0.25, 0.3) is 11.3 Å². The van der Waals surface area contributed by atoms with Gasteiger partial charge in [0.15, 0.2) is 5.82 Å². The standard InChI is InChI=1S/C19H19N7/c1-9-22-26(12-1)16-6-2-14(3-7-16)8-10-20-17-19-24-23-18(15-4-5-15)25(19)13-11-21-17/h1-3,6-7,9,11-13,15H,4-5,8,10H2,(H,20,21). The third kappa shape index (κ3) is 2.81. The van der Waals surface area contributed by atoms with Crippen molar-refractivity contribution in [3.63, 3.8) is 0 Å². The van der Waals surface area contributed by atoms with Crippen molar-refractivity contribution in [1.82, 2.24) is 29.4 Å². The van der Waals surface area contributed by atoms with Crippen molar-refractivity contribution in [2.45, 2.75) is 25.2 Å². The topological polar surface area (TPSA) is 72.9 Å². The van der Waals surface area contributed by atoms with E-state index < -0.39 is 0 Å². The Morgan fingerprint density at radius 2 is 1.92 bits per heavy atom. The van der Waals surface area contributed by atoms with Crippen LogP contribution in [0.15, 0.2) is 55.1 Å². The fourth-order valence-corrected chi connectivity index (χ4v) is 3.15. The molecule has 7 heteroatoms. The highest BCUT2D eigenvalue weighted by Crippen LogP contribution is 2.39. The summed E-state index contributed by atoms with van der Waals surface area (Å²) in [5.41, 5.74) is 3.14. The second kappa shape index (κ2) is 6.25. The molecule has 0 bridgehead atoms. The molecular weight excluding hydrogens is 326 g/mol. The van der Waals surface area contributed by atoms with E-state index in [2.05, 4.69) is 54.3 Å². The fraction of sp³-hybridized carbons (Fsp3) is 0.263. The number of fused-ring (bicyclic) bond motifs is 1. The van der Waals surface area contributed by atoms with Crippen LogP contribution in [-0.4, -0.2) is 35.9 Å². The molecule has 26 heavy (non-hydrogen) atoms. The molecule has 1 N–H and O–H groups in total. The van der Waals surface area contributed by atoms with Crippen molar-refractivity contribution in [2.75, 3.05) is 11.9 Å². The van der Waals surface area contributed by atoms with E-state index in [-0.39, 0.29) is 0 Å². The summed E-state index contributed by atoms with van der Waals surface area (Å²) >= 11 is 0. The van der Waals surface area contributed by atoms with Crippen molar-refractivity contribution in [2.24, 2.45) is 0 Å². The van der Waals surface area contributed by atoms with E-state index in [0.717, 1.165) is 35.9 Å². The van der Waals surface area contributed by atoms with E-state index in [9.17, 15) is 0 Å². The lowest BCUT2D eigenvalue weighted by molar-refractivity contribution is 0.878.